The van der Waals surface area contributed by atoms with Crippen molar-refractivity contribution in [3.05, 3.63) is 88.5 Å². The Morgan fingerprint density at radius 1 is 0.544 bits per heavy atom. The van der Waals surface area contributed by atoms with Gasteiger partial charge in [0.25, 0.3) is 20.2 Å². The fourth-order valence-electron chi connectivity index (χ4n) is 5.68. The van der Waals surface area contributed by atoms with E-state index in [2.05, 4.69) is 0 Å². The van der Waals surface area contributed by atoms with Gasteiger partial charge >= 0.3 is 0 Å². The minimum absolute atomic E-state index is 0.0455. The van der Waals surface area contributed by atoms with Crippen LogP contribution < -0.4 is 9.47 Å². The van der Waals surface area contributed by atoms with Gasteiger partial charge in [-0.05, 0) is 73.9 Å². The molecule has 4 aromatic carbocycles. The first kappa shape index (κ1) is 45.4. The number of ether oxygens (including phenoxy) is 2. The molecular weight excluding hydrogens is 841 g/mol. The van der Waals surface area contributed by atoms with Gasteiger partial charge in [0, 0.05) is 0 Å². The molecule has 0 amide bonds. The monoisotopic (exact) mass is 874 g/mol. The third-order valence-corrected chi connectivity index (χ3v) is 13.5. The fraction of sp³-hybridized carbons (Fsp3) is 0.333. The van der Waals surface area contributed by atoms with Crippen LogP contribution in [0, 0.1) is 46.5 Å². The number of hydrogen-bond donors (Lipinski definition) is 2. The predicted octanol–water partition coefficient (Wildman–Crippen LogP) is 9.62. The zero-order chi connectivity index (χ0) is 43.4. The van der Waals surface area contributed by atoms with Crippen molar-refractivity contribution in [1.29, 1.82) is 0 Å². The van der Waals surface area contributed by atoms with Crippen molar-refractivity contribution in [2.24, 2.45) is 0 Å². The summed E-state index contributed by atoms with van der Waals surface area (Å²) in [5.41, 5.74) is -6.74. The lowest BCUT2D eigenvalue weighted by atomic mass is 9.78. The molecule has 0 spiro atoms. The van der Waals surface area contributed by atoms with Gasteiger partial charge in [-0.2, -0.15) is 34.4 Å². The molecule has 4 aromatic rings. The Labute approximate surface area is 322 Å². The molecule has 0 heterocycles. The Morgan fingerprint density at radius 3 is 1.32 bits per heavy atom. The van der Waals surface area contributed by atoms with E-state index in [4.69, 9.17) is 9.47 Å². The Bertz CT molecular complexity index is 2550. The van der Waals surface area contributed by atoms with Crippen molar-refractivity contribution in [2.45, 2.75) is 97.8 Å². The van der Waals surface area contributed by atoms with Crippen molar-refractivity contribution in [3.63, 3.8) is 0 Å². The predicted molar refractivity (Wildman–Crippen MR) is 187 cm³/mol. The second kappa shape index (κ2) is 15.8. The van der Waals surface area contributed by atoms with Gasteiger partial charge in [-0.15, -0.1) is 0 Å². The van der Waals surface area contributed by atoms with Crippen molar-refractivity contribution in [2.75, 3.05) is 0 Å². The molecule has 4 rings (SSSR count). The molecular formula is C36H34F8O10S3. The number of sulfone groups is 1. The van der Waals surface area contributed by atoms with Crippen molar-refractivity contribution in [1.82, 2.24) is 0 Å². The molecule has 0 saturated carbocycles. The van der Waals surface area contributed by atoms with Crippen LogP contribution in [0.2, 0.25) is 0 Å². The van der Waals surface area contributed by atoms with E-state index in [1.807, 2.05) is 0 Å². The average Bonchev–Trinajstić information content (AvgIpc) is 3.16. The lowest BCUT2D eigenvalue weighted by molar-refractivity contribution is 0.0681. The summed E-state index contributed by atoms with van der Waals surface area (Å²) in [5.74, 6) is -25.5. The highest BCUT2D eigenvalue weighted by Gasteiger charge is 2.38. The smallest absolute Gasteiger partial charge is 0.298 e. The van der Waals surface area contributed by atoms with Crippen LogP contribution in [0.4, 0.5) is 35.1 Å². The number of halogens is 8. The Kier molecular flexibility index (Phi) is 12.6. The van der Waals surface area contributed by atoms with E-state index in [-0.39, 0.29) is 24.5 Å². The summed E-state index contributed by atoms with van der Waals surface area (Å²) in [7, 11) is -15.7. The maximum Gasteiger partial charge on any atom is 0.298 e. The second-order valence-electron chi connectivity index (χ2n) is 13.3. The molecule has 10 nitrogen and oxygen atoms in total. The van der Waals surface area contributed by atoms with Gasteiger partial charge in [0.2, 0.25) is 38.9 Å². The summed E-state index contributed by atoms with van der Waals surface area (Å²) in [6.45, 7) is 9.42. The van der Waals surface area contributed by atoms with Gasteiger partial charge in [0.1, 0.15) is 16.2 Å². The lowest BCUT2D eigenvalue weighted by Gasteiger charge is -2.29. The Balaban J connectivity index is 1.88. The zero-order valence-electron chi connectivity index (χ0n) is 30.7. The molecule has 0 atom stereocenters. The first-order valence-corrected chi connectivity index (χ1v) is 21.1. The molecule has 0 saturated heterocycles. The van der Waals surface area contributed by atoms with Crippen LogP contribution in [0.15, 0.2) is 56.0 Å². The molecule has 0 aliphatic heterocycles. The summed E-state index contributed by atoms with van der Waals surface area (Å²) in [6.07, 6.45) is 0.826. The van der Waals surface area contributed by atoms with Crippen LogP contribution in [0.3, 0.4) is 0 Å². The van der Waals surface area contributed by atoms with E-state index in [0.717, 1.165) is 12.1 Å². The number of rotatable bonds is 14. The third kappa shape index (κ3) is 8.21. The molecule has 21 heteroatoms. The average molecular weight is 875 g/mol. The highest BCUT2D eigenvalue weighted by atomic mass is 32.2. The van der Waals surface area contributed by atoms with Crippen LogP contribution in [0.25, 0.3) is 11.1 Å². The molecule has 0 aliphatic rings. The number of benzene rings is 4. The molecule has 2 N–H and O–H groups in total. The zero-order valence-corrected chi connectivity index (χ0v) is 33.2. The maximum absolute atomic E-state index is 15.4. The van der Waals surface area contributed by atoms with E-state index in [0.29, 0.717) is 31.0 Å². The summed E-state index contributed by atoms with van der Waals surface area (Å²) < 4.78 is 229. The highest BCUT2D eigenvalue weighted by molar-refractivity contribution is 7.91. The van der Waals surface area contributed by atoms with Gasteiger partial charge in [-0.3, -0.25) is 9.11 Å². The van der Waals surface area contributed by atoms with Crippen molar-refractivity contribution >= 4 is 30.1 Å². The SMILES string of the molecule is CCC(C)(CC)Oc1c(F)c(F)c(-c2c(F)c(F)c(Oc3ccc(S(=O)(=O)c4ccc(C(C)(CC)CC)c(S(=O)(=O)O)c4)cc3S(=O)(=O)O)c(F)c2F)c(F)c1F. The standard InChI is InChI=1S/C36H34F8O10S3/c1-7-35(5,8-2)19-13-11-17(15-21(19)56(47,48)49)55(45,46)18-12-14-20(22(16-18)57(50,51)52)53-33-29(41)25(37)23(26(38)30(33)42)24-27(39)31(43)34(32(44)28(24)40)54-36(6,9-3)10-4/h11-16H,7-10H2,1-6H3,(H,47,48,49)(H,50,51,52). The van der Waals surface area contributed by atoms with Crippen LogP contribution in [0.1, 0.15) is 72.8 Å². The summed E-state index contributed by atoms with van der Waals surface area (Å²) in [4.78, 5) is -4.24. The summed E-state index contributed by atoms with van der Waals surface area (Å²) in [5, 5.41) is 0. The molecule has 0 radical (unpaired) electrons. The first-order valence-electron chi connectivity index (χ1n) is 16.7. The highest BCUT2D eigenvalue weighted by Crippen LogP contribution is 2.45. The topological polar surface area (TPSA) is 161 Å². The van der Waals surface area contributed by atoms with Gasteiger partial charge in [0.15, 0.2) is 29.0 Å². The summed E-state index contributed by atoms with van der Waals surface area (Å²) in [6, 6.07) is 3.68. The van der Waals surface area contributed by atoms with Crippen molar-refractivity contribution < 1.29 is 79.0 Å². The Morgan fingerprint density at radius 2 is 0.930 bits per heavy atom. The van der Waals surface area contributed by atoms with Crippen LogP contribution in [0.5, 0.6) is 17.2 Å². The lowest BCUT2D eigenvalue weighted by Crippen LogP contribution is -2.31. The van der Waals surface area contributed by atoms with E-state index < -0.39 is 136 Å². The molecule has 0 bridgehead atoms. The minimum Gasteiger partial charge on any atom is -0.481 e. The number of hydrogen-bond acceptors (Lipinski definition) is 8. The first-order chi connectivity index (χ1) is 26.1. The largest absolute Gasteiger partial charge is 0.481 e. The van der Waals surface area contributed by atoms with Gasteiger partial charge in [-0.1, -0.05) is 40.7 Å². The Hall–Kier alpha value is -4.31. The van der Waals surface area contributed by atoms with Gasteiger partial charge < -0.3 is 9.47 Å². The summed E-state index contributed by atoms with van der Waals surface area (Å²) >= 11 is 0. The van der Waals surface area contributed by atoms with Gasteiger partial charge in [0.05, 0.1) is 25.8 Å². The van der Waals surface area contributed by atoms with Crippen LogP contribution >= 0.6 is 0 Å². The van der Waals surface area contributed by atoms with E-state index in [1.165, 1.54) is 20.8 Å². The van der Waals surface area contributed by atoms with Crippen molar-refractivity contribution in [3.8, 4) is 28.4 Å². The third-order valence-electron chi connectivity index (χ3n) is 10.0. The van der Waals surface area contributed by atoms with E-state index >= 15 is 35.1 Å². The quantitative estimate of drug-likeness (QED) is 0.0709. The molecule has 57 heavy (non-hydrogen) atoms. The molecule has 0 unspecified atom stereocenters. The molecule has 0 aliphatic carbocycles. The van der Waals surface area contributed by atoms with E-state index in [9.17, 15) is 34.4 Å². The second-order valence-corrected chi connectivity index (χ2v) is 18.0. The fourth-order valence-corrected chi connectivity index (χ4v) is 8.65. The minimum atomic E-state index is -5.67. The van der Waals surface area contributed by atoms with Crippen LogP contribution in [-0.2, 0) is 35.5 Å². The van der Waals surface area contributed by atoms with Crippen LogP contribution in [-0.4, -0.2) is 40.0 Å². The van der Waals surface area contributed by atoms with E-state index in [1.54, 1.807) is 20.8 Å². The van der Waals surface area contributed by atoms with Gasteiger partial charge in [-0.25, -0.2) is 26.0 Å². The normalized spacial score (nSPS) is 12.9. The molecule has 0 aromatic heterocycles. The molecule has 312 valence electrons. The maximum atomic E-state index is 15.4. The molecule has 0 fully saturated rings.